The van der Waals surface area contributed by atoms with Crippen molar-refractivity contribution < 1.29 is 31.8 Å². The van der Waals surface area contributed by atoms with E-state index < -0.39 is 41.1 Å². The fourth-order valence-corrected chi connectivity index (χ4v) is 10.8. The van der Waals surface area contributed by atoms with E-state index in [4.69, 9.17) is 20.9 Å². The average Bonchev–Trinajstić information content (AvgIpc) is 3.90. The SMILES string of the molecule is C#Cc1c(F)ccc2cc(OC(=O)N3CCC(N4CCCCC4)CC3)cc(-c3nc(F)c4c(N5CC6CCC(C5)N6)nc(OC[C@@]56CCCN5C[C@H](F)C6)nc4c3F)c12. The molecule has 2 bridgehead atoms. The highest BCUT2D eigenvalue weighted by atomic mass is 19.1. The van der Waals surface area contributed by atoms with Gasteiger partial charge in [0.2, 0.25) is 5.95 Å². The minimum atomic E-state index is -1.04. The molecule has 0 saturated carbocycles. The molecule has 4 atom stereocenters. The number of nitrogens with zero attached hydrogens (tertiary/aromatic N) is 7. The van der Waals surface area contributed by atoms with Gasteiger partial charge in [-0.25, -0.2) is 22.9 Å². The number of pyridine rings is 1. The largest absolute Gasteiger partial charge is 0.461 e. The quantitative estimate of drug-likeness (QED) is 0.125. The number of piperidine rings is 2. The van der Waals surface area contributed by atoms with E-state index in [9.17, 15) is 9.18 Å². The number of benzene rings is 2. The van der Waals surface area contributed by atoms with E-state index in [-0.39, 0.29) is 63.7 Å². The second kappa shape index (κ2) is 15.4. The molecule has 59 heavy (non-hydrogen) atoms. The molecule has 0 spiro atoms. The first-order chi connectivity index (χ1) is 28.7. The van der Waals surface area contributed by atoms with Crippen LogP contribution in [0, 0.1) is 29.9 Å². The maximum absolute atomic E-state index is 17.4. The van der Waals surface area contributed by atoms with Crippen LogP contribution in [0.1, 0.15) is 69.8 Å². The van der Waals surface area contributed by atoms with Crippen molar-refractivity contribution in [2.75, 3.05) is 63.9 Å². The molecule has 1 amide bonds. The molecule has 6 aliphatic heterocycles. The van der Waals surface area contributed by atoms with Crippen LogP contribution in [0.25, 0.3) is 32.9 Å². The van der Waals surface area contributed by atoms with E-state index in [2.05, 4.69) is 31.0 Å². The number of fused-ring (bicyclic) bond motifs is 5. The summed E-state index contributed by atoms with van der Waals surface area (Å²) < 4.78 is 76.5. The number of halogens is 4. The number of carbonyl (C=O) groups is 1. The first-order valence-electron chi connectivity index (χ1n) is 21.2. The lowest BCUT2D eigenvalue weighted by molar-refractivity contribution is 0.0878. The third-order valence-corrected chi connectivity index (χ3v) is 13.7. The van der Waals surface area contributed by atoms with E-state index in [1.54, 1.807) is 4.90 Å². The number of terminal acetylenes is 1. The summed E-state index contributed by atoms with van der Waals surface area (Å²) in [6.07, 6.45) is 13.4. The van der Waals surface area contributed by atoms with Crippen molar-refractivity contribution in [2.24, 2.45) is 0 Å². The average molecular weight is 813 g/mol. The van der Waals surface area contributed by atoms with Gasteiger partial charge < -0.3 is 29.5 Å². The number of alkyl halides is 1. The van der Waals surface area contributed by atoms with Gasteiger partial charge in [0.25, 0.3) is 0 Å². The number of carbonyl (C=O) groups excluding carboxylic acids is 1. The van der Waals surface area contributed by atoms with Crippen LogP contribution >= 0.6 is 0 Å². The Labute approximate surface area is 340 Å². The van der Waals surface area contributed by atoms with Crippen molar-refractivity contribution in [1.82, 2.24) is 35.0 Å². The van der Waals surface area contributed by atoms with Gasteiger partial charge in [-0.05, 0) is 94.6 Å². The number of ether oxygens (including phenoxy) is 2. The number of hydrogen-bond acceptors (Lipinski definition) is 10. The van der Waals surface area contributed by atoms with Gasteiger partial charge in [0.1, 0.15) is 46.8 Å². The van der Waals surface area contributed by atoms with Crippen molar-refractivity contribution in [1.29, 1.82) is 0 Å². The van der Waals surface area contributed by atoms with Crippen molar-refractivity contribution in [3.8, 4) is 35.4 Å². The van der Waals surface area contributed by atoms with E-state index in [1.165, 1.54) is 43.5 Å². The summed E-state index contributed by atoms with van der Waals surface area (Å²) in [7, 11) is 0. The maximum atomic E-state index is 17.4. The Balaban J connectivity index is 1.04. The van der Waals surface area contributed by atoms with E-state index in [0.717, 1.165) is 58.2 Å². The fourth-order valence-electron chi connectivity index (χ4n) is 10.8. The molecular formula is C44H48F4N8O3. The monoisotopic (exact) mass is 812 g/mol. The van der Waals surface area contributed by atoms with Crippen LogP contribution < -0.4 is 19.7 Å². The van der Waals surface area contributed by atoms with E-state index in [0.29, 0.717) is 50.6 Å². The van der Waals surface area contributed by atoms with Crippen LogP contribution in [-0.4, -0.2) is 125 Å². The number of aromatic nitrogens is 3. The molecule has 310 valence electrons. The van der Waals surface area contributed by atoms with Gasteiger partial charge in [-0.1, -0.05) is 18.4 Å². The Morgan fingerprint density at radius 3 is 2.46 bits per heavy atom. The highest BCUT2D eigenvalue weighted by molar-refractivity contribution is 6.03. The summed E-state index contributed by atoms with van der Waals surface area (Å²) in [6, 6.07) is 6.07. The van der Waals surface area contributed by atoms with Gasteiger partial charge in [-0.15, -0.1) is 6.42 Å². The molecule has 10 rings (SSSR count). The second-order valence-electron chi connectivity index (χ2n) is 17.3. The first-order valence-corrected chi connectivity index (χ1v) is 21.2. The Morgan fingerprint density at radius 2 is 1.69 bits per heavy atom. The molecule has 6 fully saturated rings. The standard InChI is InChI=1S/C44H48F4N8O3/c1-2-32-34(46)10-7-26-19-31(59-43(57)54-17-11-30(12-18-54)53-14-4-3-5-15-53)20-33(35(26)32)38-37(47)39-36(40(48)50-38)41(55-23-28-8-9-29(24-55)49-28)52-42(51-39)58-25-44-13-6-16-56(44)22-27(45)21-44/h1,7,10,19-20,27-30,49H,3-6,8-9,11-18,21-25H2/t27-,28?,29?,44+/m1/s1. The highest BCUT2D eigenvalue weighted by Gasteiger charge is 2.49. The zero-order valence-electron chi connectivity index (χ0n) is 33.0. The molecule has 8 heterocycles. The van der Waals surface area contributed by atoms with Crippen LogP contribution in [0.5, 0.6) is 11.8 Å². The molecule has 2 unspecified atom stereocenters. The predicted molar refractivity (Wildman–Crippen MR) is 215 cm³/mol. The number of piperazine rings is 1. The molecule has 6 aliphatic rings. The van der Waals surface area contributed by atoms with Crippen LogP contribution in [0.2, 0.25) is 0 Å². The summed E-state index contributed by atoms with van der Waals surface area (Å²) in [5.74, 6) is -0.207. The zero-order chi connectivity index (χ0) is 40.4. The Hall–Kier alpha value is -4.78. The normalized spacial score (nSPS) is 26.5. The lowest BCUT2D eigenvalue weighted by atomic mass is 9.95. The second-order valence-corrected chi connectivity index (χ2v) is 17.3. The minimum absolute atomic E-state index is 0.0405. The van der Waals surface area contributed by atoms with Crippen molar-refractivity contribution in [2.45, 2.75) is 94.0 Å². The van der Waals surface area contributed by atoms with Gasteiger partial charge >= 0.3 is 12.1 Å². The molecule has 6 saturated heterocycles. The lowest BCUT2D eigenvalue weighted by Gasteiger charge is -2.39. The number of rotatable bonds is 7. The molecule has 1 N–H and O–H groups in total. The number of hydrogen-bond donors (Lipinski definition) is 1. The zero-order valence-corrected chi connectivity index (χ0v) is 33.0. The molecule has 4 aromatic rings. The van der Waals surface area contributed by atoms with Gasteiger partial charge in [-0.2, -0.15) is 14.4 Å². The first kappa shape index (κ1) is 38.4. The Kier molecular flexibility index (Phi) is 10.00. The maximum Gasteiger partial charge on any atom is 0.415 e. The third-order valence-electron chi connectivity index (χ3n) is 13.7. The highest BCUT2D eigenvalue weighted by Crippen LogP contribution is 2.43. The van der Waals surface area contributed by atoms with Gasteiger partial charge in [-0.3, -0.25) is 4.90 Å². The third kappa shape index (κ3) is 7.00. The molecule has 15 heteroatoms. The molecule has 0 radical (unpaired) electrons. The number of amides is 1. The van der Waals surface area contributed by atoms with Crippen LogP contribution in [0.3, 0.4) is 0 Å². The van der Waals surface area contributed by atoms with Crippen molar-refractivity contribution in [3.63, 3.8) is 0 Å². The van der Waals surface area contributed by atoms with Gasteiger partial charge in [0.05, 0.1) is 11.1 Å². The summed E-state index contributed by atoms with van der Waals surface area (Å²) in [5, 5.41) is 3.79. The topological polar surface area (TPSA) is 99.2 Å². The number of nitrogens with one attached hydrogen (secondary N) is 1. The predicted octanol–water partition coefficient (Wildman–Crippen LogP) is 6.59. The summed E-state index contributed by atoms with van der Waals surface area (Å²) in [4.78, 5) is 35.2. The van der Waals surface area contributed by atoms with E-state index >= 15 is 13.2 Å². The molecule has 0 aliphatic carbocycles. The summed E-state index contributed by atoms with van der Waals surface area (Å²) in [6.45, 7) is 5.38. The fraction of sp³-hybridized carbons (Fsp3) is 0.545. The van der Waals surface area contributed by atoms with Crippen LogP contribution in [0.15, 0.2) is 24.3 Å². The van der Waals surface area contributed by atoms with Crippen LogP contribution in [0.4, 0.5) is 28.2 Å². The number of likely N-dealkylation sites (tertiary alicyclic amines) is 2. The molecule has 11 nitrogen and oxygen atoms in total. The minimum Gasteiger partial charge on any atom is -0.461 e. The van der Waals surface area contributed by atoms with Crippen molar-refractivity contribution >= 4 is 33.6 Å². The van der Waals surface area contributed by atoms with E-state index in [1.807, 2.05) is 4.90 Å². The molecule has 2 aromatic carbocycles. The molecular weight excluding hydrogens is 765 g/mol. The Morgan fingerprint density at radius 1 is 0.915 bits per heavy atom. The Bertz CT molecular complexity index is 2340. The molecule has 2 aromatic heterocycles. The smallest absolute Gasteiger partial charge is 0.415 e. The van der Waals surface area contributed by atoms with Crippen LogP contribution in [-0.2, 0) is 0 Å². The van der Waals surface area contributed by atoms with Crippen molar-refractivity contribution in [3.05, 3.63) is 47.4 Å². The number of anilines is 1. The summed E-state index contributed by atoms with van der Waals surface area (Å²) in [5.41, 5.74) is -1.64. The van der Waals surface area contributed by atoms with Gasteiger partial charge in [0.15, 0.2) is 5.82 Å². The van der Waals surface area contributed by atoms with Gasteiger partial charge in [0, 0.05) is 68.2 Å². The summed E-state index contributed by atoms with van der Waals surface area (Å²) >= 11 is 0. The lowest BCUT2D eigenvalue weighted by Crippen LogP contribution is -2.51.